The molecule has 0 radical (unpaired) electrons. The monoisotopic (exact) mass is 380 g/mol. The van der Waals surface area contributed by atoms with E-state index in [4.69, 9.17) is 4.74 Å². The van der Waals surface area contributed by atoms with E-state index in [9.17, 15) is 4.79 Å². The van der Waals surface area contributed by atoms with E-state index < -0.39 is 0 Å². The second-order valence-electron chi connectivity index (χ2n) is 6.83. The normalized spacial score (nSPS) is 22.2. The van der Waals surface area contributed by atoms with Crippen LogP contribution in [0.5, 0.6) is 0 Å². The second-order valence-corrected chi connectivity index (χ2v) is 7.74. The van der Waals surface area contributed by atoms with Gasteiger partial charge in [0.1, 0.15) is 0 Å². The van der Waals surface area contributed by atoms with Gasteiger partial charge in [0.2, 0.25) is 5.91 Å². The van der Waals surface area contributed by atoms with Gasteiger partial charge in [0, 0.05) is 35.6 Å². The molecule has 2 aliphatic rings. The van der Waals surface area contributed by atoms with Crippen LogP contribution in [0.2, 0.25) is 0 Å². The summed E-state index contributed by atoms with van der Waals surface area (Å²) < 4.78 is 6.65. The third-order valence-corrected chi connectivity index (χ3v) is 5.91. The zero-order valence-electron chi connectivity index (χ0n) is 13.6. The number of benzene rings is 1. The van der Waals surface area contributed by atoms with Crippen molar-refractivity contribution in [3.8, 4) is 0 Å². The number of nitrogens with one attached hydrogen (secondary N) is 2. The van der Waals surface area contributed by atoms with Crippen LogP contribution in [0.3, 0.4) is 0 Å². The first kappa shape index (κ1) is 16.9. The highest BCUT2D eigenvalue weighted by Crippen LogP contribution is 2.35. The third kappa shape index (κ3) is 3.78. The summed E-state index contributed by atoms with van der Waals surface area (Å²) in [5.41, 5.74) is 1.27. The van der Waals surface area contributed by atoms with Crippen molar-refractivity contribution < 1.29 is 9.53 Å². The lowest BCUT2D eigenvalue weighted by molar-refractivity contribution is -0.127. The van der Waals surface area contributed by atoms with Gasteiger partial charge in [0.15, 0.2) is 0 Å². The first-order chi connectivity index (χ1) is 11.1. The molecule has 2 heterocycles. The lowest BCUT2D eigenvalue weighted by atomic mass is 9.74. The minimum absolute atomic E-state index is 0.0186. The molecule has 0 spiro atoms. The molecule has 0 bridgehead atoms. The Bertz CT molecular complexity index is 554. The number of rotatable bonds is 5. The van der Waals surface area contributed by atoms with Crippen molar-refractivity contribution in [1.82, 2.24) is 10.6 Å². The van der Waals surface area contributed by atoms with E-state index in [1.807, 2.05) is 13.0 Å². The SMILES string of the molecule is CC(C(=O)NCC1(c2cccc(Br)c2)CCOCC1)C1CNC1. The quantitative estimate of drug-likeness (QED) is 0.824. The van der Waals surface area contributed by atoms with E-state index in [-0.39, 0.29) is 17.2 Å². The van der Waals surface area contributed by atoms with Crippen LogP contribution in [-0.2, 0) is 14.9 Å². The summed E-state index contributed by atoms with van der Waals surface area (Å²) >= 11 is 3.57. The summed E-state index contributed by atoms with van der Waals surface area (Å²) in [5.74, 6) is 0.736. The minimum atomic E-state index is -0.0186. The smallest absolute Gasteiger partial charge is 0.223 e. The summed E-state index contributed by atoms with van der Waals surface area (Å²) in [6.07, 6.45) is 1.90. The predicted octanol–water partition coefficient (Wildman–Crippen LogP) is 2.47. The number of carbonyl (C=O) groups is 1. The van der Waals surface area contributed by atoms with Gasteiger partial charge in [-0.1, -0.05) is 35.0 Å². The first-order valence-electron chi connectivity index (χ1n) is 8.43. The van der Waals surface area contributed by atoms with Crippen LogP contribution in [0, 0.1) is 11.8 Å². The molecule has 4 nitrogen and oxygen atoms in total. The van der Waals surface area contributed by atoms with Gasteiger partial charge in [0.25, 0.3) is 0 Å². The van der Waals surface area contributed by atoms with Gasteiger partial charge in [-0.2, -0.15) is 0 Å². The molecule has 2 aliphatic heterocycles. The van der Waals surface area contributed by atoms with Crippen LogP contribution in [0.25, 0.3) is 0 Å². The summed E-state index contributed by atoms with van der Waals surface area (Å²) in [6, 6.07) is 8.46. The van der Waals surface area contributed by atoms with Gasteiger partial charge >= 0.3 is 0 Å². The maximum Gasteiger partial charge on any atom is 0.223 e. The Labute approximate surface area is 146 Å². The molecule has 0 aromatic heterocycles. The number of hydrogen-bond acceptors (Lipinski definition) is 3. The number of ether oxygens (including phenoxy) is 1. The molecule has 1 atom stereocenters. The highest BCUT2D eigenvalue weighted by molar-refractivity contribution is 9.10. The van der Waals surface area contributed by atoms with E-state index in [0.29, 0.717) is 12.5 Å². The van der Waals surface area contributed by atoms with E-state index in [0.717, 1.165) is 43.6 Å². The topological polar surface area (TPSA) is 50.4 Å². The van der Waals surface area contributed by atoms with Crippen LogP contribution in [-0.4, -0.2) is 38.8 Å². The highest BCUT2D eigenvalue weighted by Gasteiger charge is 2.36. The van der Waals surface area contributed by atoms with E-state index in [2.05, 4.69) is 44.8 Å². The second kappa shape index (κ2) is 7.32. The van der Waals surface area contributed by atoms with Crippen LogP contribution >= 0.6 is 15.9 Å². The maximum absolute atomic E-state index is 12.5. The molecule has 0 saturated carbocycles. The van der Waals surface area contributed by atoms with E-state index in [1.165, 1.54) is 5.56 Å². The maximum atomic E-state index is 12.5. The molecule has 1 aromatic rings. The molecular formula is C18H25BrN2O2. The zero-order chi connectivity index (χ0) is 16.3. The highest BCUT2D eigenvalue weighted by atomic mass is 79.9. The van der Waals surface area contributed by atoms with Crippen molar-refractivity contribution in [2.24, 2.45) is 11.8 Å². The van der Waals surface area contributed by atoms with Crippen molar-refractivity contribution in [3.63, 3.8) is 0 Å². The van der Waals surface area contributed by atoms with E-state index in [1.54, 1.807) is 0 Å². The Morgan fingerprint density at radius 2 is 2.17 bits per heavy atom. The largest absolute Gasteiger partial charge is 0.381 e. The van der Waals surface area contributed by atoms with Gasteiger partial charge in [0.05, 0.1) is 0 Å². The van der Waals surface area contributed by atoms with Gasteiger partial charge < -0.3 is 15.4 Å². The van der Waals surface area contributed by atoms with E-state index >= 15 is 0 Å². The summed E-state index contributed by atoms with van der Waals surface area (Å²) in [7, 11) is 0. The number of carbonyl (C=O) groups excluding carboxylic acids is 1. The molecular weight excluding hydrogens is 356 g/mol. The molecule has 126 valence electrons. The number of hydrogen-bond donors (Lipinski definition) is 2. The first-order valence-corrected chi connectivity index (χ1v) is 9.22. The molecule has 1 unspecified atom stereocenters. The van der Waals surface area contributed by atoms with Crippen LogP contribution in [0.4, 0.5) is 0 Å². The Morgan fingerprint density at radius 3 is 2.78 bits per heavy atom. The number of halogens is 1. The Balaban J connectivity index is 1.70. The van der Waals surface area contributed by atoms with Crippen molar-refractivity contribution in [2.75, 3.05) is 32.8 Å². The summed E-state index contributed by atoms with van der Waals surface area (Å²) in [6.45, 7) is 6.15. The summed E-state index contributed by atoms with van der Waals surface area (Å²) in [4.78, 5) is 12.5. The molecule has 23 heavy (non-hydrogen) atoms. The lowest BCUT2D eigenvalue weighted by Crippen LogP contribution is -2.51. The molecule has 1 amide bonds. The number of amides is 1. The molecule has 1 aromatic carbocycles. The third-order valence-electron chi connectivity index (χ3n) is 5.42. The zero-order valence-corrected chi connectivity index (χ0v) is 15.2. The van der Waals surface area contributed by atoms with Gasteiger partial charge in [-0.25, -0.2) is 0 Å². The van der Waals surface area contributed by atoms with Crippen molar-refractivity contribution in [1.29, 1.82) is 0 Å². The average Bonchev–Trinajstić information content (AvgIpc) is 2.52. The molecule has 5 heteroatoms. The van der Waals surface area contributed by atoms with Crippen LogP contribution < -0.4 is 10.6 Å². The fourth-order valence-corrected chi connectivity index (χ4v) is 3.84. The summed E-state index contributed by atoms with van der Waals surface area (Å²) in [5, 5.41) is 6.46. The Kier molecular flexibility index (Phi) is 5.39. The fourth-order valence-electron chi connectivity index (χ4n) is 3.44. The van der Waals surface area contributed by atoms with Crippen molar-refractivity contribution >= 4 is 21.8 Å². The average molecular weight is 381 g/mol. The molecule has 2 fully saturated rings. The Morgan fingerprint density at radius 1 is 1.43 bits per heavy atom. The van der Waals surface area contributed by atoms with Crippen molar-refractivity contribution in [2.45, 2.75) is 25.2 Å². The fraction of sp³-hybridized carbons (Fsp3) is 0.611. The van der Waals surface area contributed by atoms with Gasteiger partial charge in [-0.15, -0.1) is 0 Å². The van der Waals surface area contributed by atoms with Crippen LogP contribution in [0.15, 0.2) is 28.7 Å². The van der Waals surface area contributed by atoms with Gasteiger partial charge in [-0.3, -0.25) is 4.79 Å². The van der Waals surface area contributed by atoms with Gasteiger partial charge in [-0.05, 0) is 49.5 Å². The standard InChI is InChI=1S/C18H25BrN2O2/c1-13(14-10-20-11-14)17(22)21-12-18(5-7-23-8-6-18)15-3-2-4-16(19)9-15/h2-4,9,13-14,20H,5-8,10-12H2,1H3,(H,21,22). The van der Waals surface area contributed by atoms with Crippen LogP contribution in [0.1, 0.15) is 25.3 Å². The predicted molar refractivity (Wildman–Crippen MR) is 94.4 cm³/mol. The molecule has 0 aliphatic carbocycles. The lowest BCUT2D eigenvalue weighted by Gasteiger charge is -2.39. The van der Waals surface area contributed by atoms with Crippen molar-refractivity contribution in [3.05, 3.63) is 34.3 Å². The molecule has 2 saturated heterocycles. The Hall–Kier alpha value is -0.910. The molecule has 3 rings (SSSR count). The molecule has 2 N–H and O–H groups in total. The minimum Gasteiger partial charge on any atom is -0.381 e.